The van der Waals surface area contributed by atoms with Crippen molar-refractivity contribution < 1.29 is 19.5 Å². The molecule has 2 amide bonds. The van der Waals surface area contributed by atoms with Crippen LogP contribution in [0.4, 0.5) is 5.69 Å². The number of aromatic nitrogens is 2. The highest BCUT2D eigenvalue weighted by atomic mass is 16.5. The van der Waals surface area contributed by atoms with Gasteiger partial charge in [-0.2, -0.15) is 0 Å². The highest BCUT2D eigenvalue weighted by Crippen LogP contribution is 2.26. The number of rotatable bonds is 4. The molecule has 122 valence electrons. The van der Waals surface area contributed by atoms with E-state index in [1.807, 2.05) is 18.2 Å². The fraction of sp³-hybridized carbons (Fsp3) is 0.0625. The Bertz CT molecular complexity index is 886. The van der Waals surface area contributed by atoms with Gasteiger partial charge in [0.05, 0.1) is 23.8 Å². The molecule has 1 heterocycles. The molecule has 0 bridgehead atoms. The number of hydroxylamine groups is 1. The molecule has 0 unspecified atom stereocenters. The Kier molecular flexibility index (Phi) is 4.13. The monoisotopic (exact) mass is 326 g/mol. The van der Waals surface area contributed by atoms with Crippen LogP contribution in [0.3, 0.4) is 0 Å². The molecule has 0 saturated heterocycles. The zero-order valence-electron chi connectivity index (χ0n) is 12.7. The van der Waals surface area contributed by atoms with Gasteiger partial charge in [0.15, 0.2) is 5.82 Å². The van der Waals surface area contributed by atoms with Crippen LogP contribution in [0.1, 0.15) is 21.0 Å². The molecule has 24 heavy (non-hydrogen) atoms. The standard InChI is InChI=1S/C16H14N4O4/c1-24-13-7-6-9(15(21)20-23)8-12(13)19-16(22)14-17-10-4-2-3-5-11(10)18-14/h2-8,23H,1H3,(H,17,18)(H,19,22)(H,20,21). The van der Waals surface area contributed by atoms with E-state index in [1.165, 1.54) is 30.8 Å². The minimum absolute atomic E-state index is 0.135. The maximum Gasteiger partial charge on any atom is 0.291 e. The zero-order valence-corrected chi connectivity index (χ0v) is 12.7. The Hall–Kier alpha value is -3.39. The van der Waals surface area contributed by atoms with Crippen LogP contribution in [-0.2, 0) is 0 Å². The van der Waals surface area contributed by atoms with Gasteiger partial charge in [-0.1, -0.05) is 12.1 Å². The van der Waals surface area contributed by atoms with Gasteiger partial charge >= 0.3 is 0 Å². The normalized spacial score (nSPS) is 10.4. The van der Waals surface area contributed by atoms with Crippen molar-refractivity contribution in [3.8, 4) is 5.75 Å². The second-order valence-electron chi connectivity index (χ2n) is 4.91. The lowest BCUT2D eigenvalue weighted by Crippen LogP contribution is -2.19. The van der Waals surface area contributed by atoms with Gasteiger partial charge in [0.25, 0.3) is 11.8 Å². The lowest BCUT2D eigenvalue weighted by molar-refractivity contribution is 0.0706. The van der Waals surface area contributed by atoms with Gasteiger partial charge in [0, 0.05) is 5.56 Å². The van der Waals surface area contributed by atoms with E-state index in [2.05, 4.69) is 15.3 Å². The smallest absolute Gasteiger partial charge is 0.291 e. The minimum atomic E-state index is -0.697. The molecular formula is C16H14N4O4. The molecular weight excluding hydrogens is 312 g/mol. The van der Waals surface area contributed by atoms with Gasteiger partial charge in [0.1, 0.15) is 5.75 Å². The number of methoxy groups -OCH3 is 1. The molecule has 0 radical (unpaired) electrons. The third-order valence-electron chi connectivity index (χ3n) is 3.42. The van der Waals surface area contributed by atoms with E-state index in [4.69, 9.17) is 9.94 Å². The summed E-state index contributed by atoms with van der Waals surface area (Å²) in [6.45, 7) is 0. The summed E-state index contributed by atoms with van der Waals surface area (Å²) < 4.78 is 5.17. The number of aromatic amines is 1. The fourth-order valence-corrected chi connectivity index (χ4v) is 2.25. The summed E-state index contributed by atoms with van der Waals surface area (Å²) in [6.07, 6.45) is 0. The van der Waals surface area contributed by atoms with E-state index in [-0.39, 0.29) is 17.1 Å². The summed E-state index contributed by atoms with van der Waals surface area (Å²) in [5.74, 6) is -0.674. The summed E-state index contributed by atoms with van der Waals surface area (Å²) in [4.78, 5) is 31.0. The Labute approximate surface area is 136 Å². The SMILES string of the molecule is COc1ccc(C(=O)NO)cc1NC(=O)c1nc2ccccc2[nH]1. The number of nitrogens with one attached hydrogen (secondary N) is 3. The molecule has 8 heteroatoms. The third kappa shape index (κ3) is 2.90. The van der Waals surface area contributed by atoms with Crippen LogP contribution in [0.2, 0.25) is 0 Å². The van der Waals surface area contributed by atoms with Crippen molar-refractivity contribution in [3.05, 3.63) is 53.9 Å². The van der Waals surface area contributed by atoms with Crippen LogP contribution < -0.4 is 15.5 Å². The number of nitrogens with zero attached hydrogens (tertiary/aromatic N) is 1. The van der Waals surface area contributed by atoms with Crippen molar-refractivity contribution in [2.75, 3.05) is 12.4 Å². The number of ether oxygens (including phenoxy) is 1. The molecule has 8 nitrogen and oxygen atoms in total. The molecule has 2 aromatic carbocycles. The number of imidazole rings is 1. The second-order valence-corrected chi connectivity index (χ2v) is 4.91. The van der Waals surface area contributed by atoms with Crippen LogP contribution in [0.25, 0.3) is 11.0 Å². The van der Waals surface area contributed by atoms with Gasteiger partial charge in [-0.05, 0) is 30.3 Å². The van der Waals surface area contributed by atoms with E-state index < -0.39 is 11.8 Å². The predicted octanol–water partition coefficient (Wildman–Crippen LogP) is 1.94. The third-order valence-corrected chi connectivity index (χ3v) is 3.42. The van der Waals surface area contributed by atoms with Crippen LogP contribution in [0.5, 0.6) is 5.75 Å². The van der Waals surface area contributed by atoms with Crippen molar-refractivity contribution in [3.63, 3.8) is 0 Å². The second kappa shape index (κ2) is 6.39. The first kappa shape index (κ1) is 15.5. The first-order valence-electron chi connectivity index (χ1n) is 7.01. The number of amides is 2. The van der Waals surface area contributed by atoms with E-state index in [9.17, 15) is 9.59 Å². The number of fused-ring (bicyclic) bond motifs is 1. The number of carbonyl (C=O) groups excluding carboxylic acids is 2. The highest BCUT2D eigenvalue weighted by Gasteiger charge is 2.15. The van der Waals surface area contributed by atoms with E-state index >= 15 is 0 Å². The van der Waals surface area contributed by atoms with Crippen LogP contribution in [0.15, 0.2) is 42.5 Å². The van der Waals surface area contributed by atoms with Gasteiger partial charge in [-0.15, -0.1) is 0 Å². The van der Waals surface area contributed by atoms with Crippen LogP contribution in [0, 0.1) is 0 Å². The van der Waals surface area contributed by atoms with Crippen LogP contribution in [-0.4, -0.2) is 34.1 Å². The van der Waals surface area contributed by atoms with Gasteiger partial charge < -0.3 is 15.0 Å². The summed E-state index contributed by atoms with van der Waals surface area (Å²) in [7, 11) is 1.44. The first-order chi connectivity index (χ1) is 11.6. The van der Waals surface area contributed by atoms with Gasteiger partial charge in [0.2, 0.25) is 0 Å². The molecule has 0 saturated carbocycles. The van der Waals surface area contributed by atoms with Gasteiger partial charge in [-0.25, -0.2) is 10.5 Å². The fourth-order valence-electron chi connectivity index (χ4n) is 2.25. The van der Waals surface area contributed by atoms with Crippen molar-refractivity contribution >= 4 is 28.5 Å². The number of para-hydroxylation sites is 2. The molecule has 3 rings (SSSR count). The summed E-state index contributed by atoms with van der Waals surface area (Å²) in [5.41, 5.74) is 3.39. The summed E-state index contributed by atoms with van der Waals surface area (Å²) in [6, 6.07) is 11.6. The largest absolute Gasteiger partial charge is 0.495 e. The minimum Gasteiger partial charge on any atom is -0.495 e. The average molecular weight is 326 g/mol. The molecule has 0 aliphatic rings. The van der Waals surface area contributed by atoms with Crippen molar-refractivity contribution in [2.45, 2.75) is 0 Å². The maximum atomic E-state index is 12.4. The lowest BCUT2D eigenvalue weighted by atomic mass is 10.1. The summed E-state index contributed by atoms with van der Waals surface area (Å²) in [5, 5.41) is 11.4. The Morgan fingerprint density at radius 1 is 1.17 bits per heavy atom. The molecule has 1 aromatic heterocycles. The first-order valence-corrected chi connectivity index (χ1v) is 7.01. The van der Waals surface area contributed by atoms with Crippen molar-refractivity contribution in [1.29, 1.82) is 0 Å². The summed E-state index contributed by atoms with van der Waals surface area (Å²) >= 11 is 0. The van der Waals surface area contributed by atoms with Gasteiger partial charge in [-0.3, -0.25) is 14.8 Å². The highest BCUT2D eigenvalue weighted by molar-refractivity contribution is 6.05. The number of H-pyrrole nitrogens is 1. The number of hydrogen-bond donors (Lipinski definition) is 4. The van der Waals surface area contributed by atoms with E-state index in [1.54, 1.807) is 6.07 Å². The maximum absolute atomic E-state index is 12.4. The topological polar surface area (TPSA) is 116 Å². The molecule has 0 atom stereocenters. The molecule has 0 aliphatic heterocycles. The van der Waals surface area contributed by atoms with Crippen LogP contribution >= 0.6 is 0 Å². The Balaban J connectivity index is 1.91. The zero-order chi connectivity index (χ0) is 17.1. The van der Waals surface area contributed by atoms with Crippen molar-refractivity contribution in [1.82, 2.24) is 15.4 Å². The van der Waals surface area contributed by atoms with E-state index in [0.717, 1.165) is 5.52 Å². The molecule has 3 aromatic rings. The quantitative estimate of drug-likeness (QED) is 0.432. The number of benzene rings is 2. The van der Waals surface area contributed by atoms with E-state index in [0.29, 0.717) is 11.3 Å². The molecule has 0 spiro atoms. The predicted molar refractivity (Wildman–Crippen MR) is 86.3 cm³/mol. The molecule has 0 aliphatic carbocycles. The number of anilines is 1. The Morgan fingerprint density at radius 3 is 2.67 bits per heavy atom. The molecule has 0 fully saturated rings. The molecule has 4 N–H and O–H groups in total. The number of carbonyl (C=O) groups is 2. The Morgan fingerprint density at radius 2 is 1.96 bits per heavy atom. The lowest BCUT2D eigenvalue weighted by Gasteiger charge is -2.10. The van der Waals surface area contributed by atoms with Crippen molar-refractivity contribution in [2.24, 2.45) is 0 Å². The average Bonchev–Trinajstić information content (AvgIpc) is 3.05. The number of hydrogen-bond acceptors (Lipinski definition) is 5.